The smallest absolute Gasteiger partial charge is 0.234 e. The second kappa shape index (κ2) is 8.60. The van der Waals surface area contributed by atoms with E-state index >= 15 is 0 Å². The first-order valence-corrected chi connectivity index (χ1v) is 7.77. The van der Waals surface area contributed by atoms with Gasteiger partial charge in [-0.3, -0.25) is 9.69 Å². The van der Waals surface area contributed by atoms with Crippen LogP contribution in [0.1, 0.15) is 40.5 Å². The Balaban J connectivity index is 2.27. The van der Waals surface area contributed by atoms with E-state index in [1.165, 1.54) is 0 Å². The molecule has 5 nitrogen and oxygen atoms in total. The number of amides is 1. The van der Waals surface area contributed by atoms with Gasteiger partial charge in [0.1, 0.15) is 0 Å². The molecule has 0 aromatic rings. The van der Waals surface area contributed by atoms with Crippen LogP contribution in [0.25, 0.3) is 0 Å². The van der Waals surface area contributed by atoms with Crippen LogP contribution >= 0.6 is 0 Å². The predicted molar refractivity (Wildman–Crippen MR) is 81.5 cm³/mol. The van der Waals surface area contributed by atoms with Crippen molar-refractivity contribution in [2.45, 2.75) is 58.7 Å². The molecule has 1 fully saturated rings. The van der Waals surface area contributed by atoms with Crippen molar-refractivity contribution in [3.05, 3.63) is 0 Å². The molecule has 0 bridgehead atoms. The lowest BCUT2D eigenvalue weighted by Gasteiger charge is -2.34. The number of ether oxygens (including phenoxy) is 1. The molecule has 0 saturated carbocycles. The molecule has 1 heterocycles. The average Bonchev–Trinajstić information content (AvgIpc) is 2.36. The highest BCUT2D eigenvalue weighted by molar-refractivity contribution is 5.78. The monoisotopic (exact) mass is 285 g/mol. The van der Waals surface area contributed by atoms with Gasteiger partial charge < -0.3 is 15.8 Å². The van der Waals surface area contributed by atoms with Crippen LogP contribution in [0.2, 0.25) is 0 Å². The van der Waals surface area contributed by atoms with Crippen molar-refractivity contribution in [2.24, 2.45) is 11.7 Å². The fourth-order valence-corrected chi connectivity index (χ4v) is 2.37. The van der Waals surface area contributed by atoms with Gasteiger partial charge in [-0.25, -0.2) is 0 Å². The number of nitrogens with two attached hydrogens (primary N) is 1. The van der Waals surface area contributed by atoms with Gasteiger partial charge in [0.2, 0.25) is 5.91 Å². The molecule has 1 rings (SSSR count). The quantitative estimate of drug-likeness (QED) is 0.731. The van der Waals surface area contributed by atoms with E-state index in [1.807, 2.05) is 6.92 Å². The molecule has 0 aliphatic carbocycles. The van der Waals surface area contributed by atoms with Crippen molar-refractivity contribution in [1.29, 1.82) is 0 Å². The zero-order valence-electron chi connectivity index (χ0n) is 13.4. The maximum absolute atomic E-state index is 12.0. The summed E-state index contributed by atoms with van der Waals surface area (Å²) in [5, 5.41) is 3.07. The van der Waals surface area contributed by atoms with E-state index in [2.05, 4.69) is 31.0 Å². The van der Waals surface area contributed by atoms with Gasteiger partial charge >= 0.3 is 0 Å². The highest BCUT2D eigenvalue weighted by Crippen LogP contribution is 2.08. The Labute approximate surface area is 123 Å². The summed E-state index contributed by atoms with van der Waals surface area (Å²) in [6.07, 6.45) is 2.22. The van der Waals surface area contributed by atoms with Crippen molar-refractivity contribution in [2.75, 3.05) is 26.2 Å². The zero-order chi connectivity index (χ0) is 15.1. The highest BCUT2D eigenvalue weighted by Gasteiger charge is 2.24. The number of morpholine rings is 1. The number of nitrogens with one attached hydrogen (secondary N) is 1. The fraction of sp³-hybridized carbons (Fsp3) is 0.933. The summed E-state index contributed by atoms with van der Waals surface area (Å²) in [7, 11) is 0. The molecule has 5 heteroatoms. The van der Waals surface area contributed by atoms with E-state index in [9.17, 15) is 4.79 Å². The van der Waals surface area contributed by atoms with Gasteiger partial charge in [0, 0.05) is 25.2 Å². The molecule has 1 amide bonds. The highest BCUT2D eigenvalue weighted by atomic mass is 16.5. The number of carbonyl (C=O) groups is 1. The lowest BCUT2D eigenvalue weighted by Crippen LogP contribution is -2.52. The number of hydrogen-bond donors (Lipinski definition) is 2. The zero-order valence-corrected chi connectivity index (χ0v) is 13.4. The number of hydrogen-bond acceptors (Lipinski definition) is 4. The Kier molecular flexibility index (Phi) is 7.48. The Bertz CT molecular complexity index is 295. The van der Waals surface area contributed by atoms with Gasteiger partial charge in [-0.05, 0) is 32.6 Å². The van der Waals surface area contributed by atoms with Gasteiger partial charge in [0.25, 0.3) is 0 Å². The summed E-state index contributed by atoms with van der Waals surface area (Å²) in [4.78, 5) is 14.1. The first kappa shape index (κ1) is 17.4. The van der Waals surface area contributed by atoms with Gasteiger partial charge in [-0.2, -0.15) is 0 Å². The SMILES string of the molecule is CC(C)CCC(C)NC(=O)CN1CCOC(C(C)N)C1. The van der Waals surface area contributed by atoms with Gasteiger partial charge in [-0.1, -0.05) is 13.8 Å². The molecule has 20 heavy (non-hydrogen) atoms. The Morgan fingerprint density at radius 2 is 2.05 bits per heavy atom. The van der Waals surface area contributed by atoms with E-state index in [0.29, 0.717) is 19.1 Å². The molecular formula is C15H31N3O2. The Morgan fingerprint density at radius 1 is 1.35 bits per heavy atom. The summed E-state index contributed by atoms with van der Waals surface area (Å²) in [6.45, 7) is 11.1. The van der Waals surface area contributed by atoms with Crippen LogP contribution in [0.3, 0.4) is 0 Å². The second-order valence-corrected chi connectivity index (χ2v) is 6.44. The molecule has 0 radical (unpaired) electrons. The Morgan fingerprint density at radius 3 is 2.65 bits per heavy atom. The molecule has 1 saturated heterocycles. The van der Waals surface area contributed by atoms with Crippen LogP contribution in [-0.4, -0.2) is 55.2 Å². The van der Waals surface area contributed by atoms with Crippen molar-refractivity contribution >= 4 is 5.91 Å². The van der Waals surface area contributed by atoms with Gasteiger partial charge in [-0.15, -0.1) is 0 Å². The number of nitrogens with zero attached hydrogens (tertiary/aromatic N) is 1. The fourth-order valence-electron chi connectivity index (χ4n) is 2.37. The third-order valence-corrected chi connectivity index (χ3v) is 3.72. The largest absolute Gasteiger partial charge is 0.374 e. The lowest BCUT2D eigenvalue weighted by atomic mass is 10.0. The minimum atomic E-state index is 0.00540. The summed E-state index contributed by atoms with van der Waals surface area (Å²) in [5.41, 5.74) is 5.86. The molecule has 1 aliphatic rings. The third-order valence-electron chi connectivity index (χ3n) is 3.72. The minimum absolute atomic E-state index is 0.00540. The molecule has 0 spiro atoms. The maximum Gasteiger partial charge on any atom is 0.234 e. The number of rotatable bonds is 7. The van der Waals surface area contributed by atoms with E-state index in [4.69, 9.17) is 10.5 Å². The average molecular weight is 285 g/mol. The van der Waals surface area contributed by atoms with Gasteiger partial charge in [0.15, 0.2) is 0 Å². The molecule has 0 aromatic heterocycles. The molecule has 3 unspecified atom stereocenters. The van der Waals surface area contributed by atoms with E-state index in [0.717, 1.165) is 25.9 Å². The maximum atomic E-state index is 12.0. The van der Waals surface area contributed by atoms with Crippen molar-refractivity contribution in [3.8, 4) is 0 Å². The van der Waals surface area contributed by atoms with Crippen LogP contribution in [0, 0.1) is 5.92 Å². The predicted octanol–water partition coefficient (Wildman–Crippen LogP) is 0.975. The van der Waals surface area contributed by atoms with Crippen LogP contribution < -0.4 is 11.1 Å². The van der Waals surface area contributed by atoms with Crippen LogP contribution in [0.4, 0.5) is 0 Å². The van der Waals surface area contributed by atoms with Crippen molar-refractivity contribution in [1.82, 2.24) is 10.2 Å². The summed E-state index contributed by atoms with van der Waals surface area (Å²) in [6, 6.07) is 0.251. The molecule has 0 aromatic carbocycles. The second-order valence-electron chi connectivity index (χ2n) is 6.44. The van der Waals surface area contributed by atoms with E-state index < -0.39 is 0 Å². The first-order valence-electron chi connectivity index (χ1n) is 7.77. The summed E-state index contributed by atoms with van der Waals surface area (Å²) >= 11 is 0. The van der Waals surface area contributed by atoms with Crippen molar-refractivity contribution < 1.29 is 9.53 Å². The number of carbonyl (C=O) groups excluding carboxylic acids is 1. The van der Waals surface area contributed by atoms with Gasteiger partial charge in [0.05, 0.1) is 19.3 Å². The molecule has 1 aliphatic heterocycles. The summed E-state index contributed by atoms with van der Waals surface area (Å²) in [5.74, 6) is 0.784. The normalized spacial score (nSPS) is 23.6. The van der Waals surface area contributed by atoms with Crippen LogP contribution in [0.15, 0.2) is 0 Å². The Hall–Kier alpha value is -0.650. The van der Waals surface area contributed by atoms with Crippen LogP contribution in [-0.2, 0) is 9.53 Å². The summed E-state index contributed by atoms with van der Waals surface area (Å²) < 4.78 is 5.60. The minimum Gasteiger partial charge on any atom is -0.374 e. The molecule has 3 N–H and O–H groups in total. The topological polar surface area (TPSA) is 67.6 Å². The molecule has 118 valence electrons. The standard InChI is InChI=1S/C15H31N3O2/c1-11(2)5-6-12(3)17-15(19)10-18-7-8-20-14(9-18)13(4)16/h11-14H,5-10,16H2,1-4H3,(H,17,19). The first-order chi connectivity index (χ1) is 9.38. The third kappa shape index (κ3) is 6.68. The lowest BCUT2D eigenvalue weighted by molar-refractivity contribution is -0.125. The van der Waals surface area contributed by atoms with Crippen LogP contribution in [0.5, 0.6) is 0 Å². The van der Waals surface area contributed by atoms with E-state index in [-0.39, 0.29) is 24.1 Å². The van der Waals surface area contributed by atoms with E-state index in [1.54, 1.807) is 0 Å². The molecular weight excluding hydrogens is 254 g/mol. The van der Waals surface area contributed by atoms with Crippen molar-refractivity contribution in [3.63, 3.8) is 0 Å². The molecule has 3 atom stereocenters.